The Morgan fingerprint density at radius 1 is 1.13 bits per heavy atom. The summed E-state index contributed by atoms with van der Waals surface area (Å²) >= 11 is 0. The fraction of sp³-hybridized carbons (Fsp3) is 0.409. The maximum atomic E-state index is 12.2. The lowest BCUT2D eigenvalue weighted by molar-refractivity contribution is 0.0210. The van der Waals surface area contributed by atoms with Crippen molar-refractivity contribution in [3.8, 4) is 11.3 Å². The minimum absolute atomic E-state index is 0.243. The number of nitrogens with one attached hydrogen (secondary N) is 1. The summed E-state index contributed by atoms with van der Waals surface area (Å²) in [5, 5.41) is 8.24. The van der Waals surface area contributed by atoms with Crippen LogP contribution in [0, 0.1) is 0 Å². The van der Waals surface area contributed by atoms with Crippen LogP contribution in [0.4, 0.5) is 16.3 Å². The van der Waals surface area contributed by atoms with Crippen molar-refractivity contribution in [1.82, 2.24) is 19.5 Å². The molecule has 1 aliphatic heterocycles. The fourth-order valence-electron chi connectivity index (χ4n) is 3.54. The van der Waals surface area contributed by atoms with E-state index in [1.165, 1.54) is 0 Å². The Hall–Kier alpha value is -3.29. The van der Waals surface area contributed by atoms with Gasteiger partial charge in [0.15, 0.2) is 5.65 Å². The first kappa shape index (κ1) is 20.0. The van der Waals surface area contributed by atoms with Crippen LogP contribution in [0.5, 0.6) is 0 Å². The van der Waals surface area contributed by atoms with Gasteiger partial charge < -0.3 is 20.7 Å². The average Bonchev–Trinajstić information content (AvgIpc) is 3.11. The summed E-state index contributed by atoms with van der Waals surface area (Å²) in [7, 11) is 0. The zero-order valence-corrected chi connectivity index (χ0v) is 17.6. The molecule has 1 saturated heterocycles. The number of aromatic nitrogens is 3. The highest BCUT2D eigenvalue weighted by Crippen LogP contribution is 2.23. The van der Waals surface area contributed by atoms with Gasteiger partial charge in [0.25, 0.3) is 0 Å². The lowest BCUT2D eigenvalue weighted by atomic mass is 10.1. The monoisotopic (exact) mass is 408 g/mol. The molecular formula is C22H28N6O2. The standard InChI is InChI=1S/C22H28N6O2/c1-22(2,3)30-21(29)27-12-10-17(11-13-27)25-19-8-9-20-24-14-18(28(20)26-19)15-4-6-16(23)7-5-15/h4-9,14,17H,10-13,23H2,1-3H3,(H,25,26). The molecule has 1 aliphatic rings. The molecule has 1 fully saturated rings. The van der Waals surface area contributed by atoms with Crippen molar-refractivity contribution in [1.29, 1.82) is 0 Å². The first-order valence-electron chi connectivity index (χ1n) is 10.2. The number of carbonyl (C=O) groups excluding carboxylic acids is 1. The van der Waals surface area contributed by atoms with Crippen molar-refractivity contribution in [3.63, 3.8) is 0 Å². The van der Waals surface area contributed by atoms with Crippen LogP contribution in [0.15, 0.2) is 42.6 Å². The van der Waals surface area contributed by atoms with Gasteiger partial charge in [0.05, 0.1) is 11.9 Å². The molecule has 2 aromatic heterocycles. The normalized spacial score (nSPS) is 15.4. The van der Waals surface area contributed by atoms with Gasteiger partial charge in [-0.05, 0) is 57.9 Å². The predicted molar refractivity (Wildman–Crippen MR) is 117 cm³/mol. The lowest BCUT2D eigenvalue weighted by Crippen LogP contribution is -2.44. The minimum atomic E-state index is -0.474. The summed E-state index contributed by atoms with van der Waals surface area (Å²) in [4.78, 5) is 18.5. The predicted octanol–water partition coefficient (Wildman–Crippen LogP) is 3.79. The molecule has 3 N–H and O–H groups in total. The van der Waals surface area contributed by atoms with Crippen LogP contribution < -0.4 is 11.1 Å². The highest BCUT2D eigenvalue weighted by Gasteiger charge is 2.27. The van der Waals surface area contributed by atoms with Gasteiger partial charge in [0.1, 0.15) is 11.4 Å². The molecule has 0 aliphatic carbocycles. The number of likely N-dealkylation sites (tertiary alicyclic amines) is 1. The van der Waals surface area contributed by atoms with Crippen molar-refractivity contribution < 1.29 is 9.53 Å². The molecule has 158 valence electrons. The highest BCUT2D eigenvalue weighted by molar-refractivity contribution is 5.68. The number of piperidine rings is 1. The molecule has 3 heterocycles. The summed E-state index contributed by atoms with van der Waals surface area (Å²) in [6.45, 7) is 6.98. The molecule has 8 heteroatoms. The Morgan fingerprint density at radius 2 is 1.83 bits per heavy atom. The van der Waals surface area contributed by atoms with E-state index in [0.29, 0.717) is 13.1 Å². The molecule has 0 radical (unpaired) electrons. The Bertz CT molecular complexity index is 1030. The van der Waals surface area contributed by atoms with E-state index in [9.17, 15) is 4.79 Å². The number of ether oxygens (including phenoxy) is 1. The molecule has 30 heavy (non-hydrogen) atoms. The number of nitrogen functional groups attached to an aromatic ring is 1. The average molecular weight is 409 g/mol. The number of carbonyl (C=O) groups is 1. The van der Waals surface area contributed by atoms with Crippen LogP contribution in [0.25, 0.3) is 16.9 Å². The van der Waals surface area contributed by atoms with Gasteiger partial charge in [0.2, 0.25) is 0 Å². The Kier molecular flexibility index (Phi) is 5.24. The van der Waals surface area contributed by atoms with Crippen molar-refractivity contribution in [2.24, 2.45) is 0 Å². The van der Waals surface area contributed by atoms with Gasteiger partial charge in [-0.3, -0.25) is 0 Å². The van der Waals surface area contributed by atoms with E-state index in [2.05, 4.69) is 10.3 Å². The number of benzene rings is 1. The first-order chi connectivity index (χ1) is 14.3. The summed E-state index contributed by atoms with van der Waals surface area (Å²) in [6, 6.07) is 11.8. The summed E-state index contributed by atoms with van der Waals surface area (Å²) in [5.41, 5.74) is 8.75. The zero-order valence-electron chi connectivity index (χ0n) is 17.6. The van der Waals surface area contributed by atoms with E-state index in [1.807, 2.05) is 67.9 Å². The third kappa shape index (κ3) is 4.48. The second kappa shape index (κ2) is 7.85. The van der Waals surface area contributed by atoms with Crippen LogP contribution in [0.3, 0.4) is 0 Å². The van der Waals surface area contributed by atoms with Crippen molar-refractivity contribution in [2.45, 2.75) is 45.3 Å². The van der Waals surface area contributed by atoms with Crippen molar-refractivity contribution >= 4 is 23.2 Å². The molecular weight excluding hydrogens is 380 g/mol. The van der Waals surface area contributed by atoms with Crippen LogP contribution in [-0.2, 0) is 4.74 Å². The van der Waals surface area contributed by atoms with Crippen molar-refractivity contribution in [3.05, 3.63) is 42.6 Å². The second-order valence-corrected chi connectivity index (χ2v) is 8.64. The Balaban J connectivity index is 1.43. The minimum Gasteiger partial charge on any atom is -0.444 e. The molecule has 8 nitrogen and oxygen atoms in total. The third-order valence-electron chi connectivity index (χ3n) is 5.07. The van der Waals surface area contributed by atoms with E-state index >= 15 is 0 Å². The summed E-state index contributed by atoms with van der Waals surface area (Å²) in [6.07, 6.45) is 3.25. The molecule has 1 amide bonds. The number of rotatable bonds is 3. The van der Waals surface area contributed by atoms with Crippen LogP contribution in [-0.4, -0.2) is 50.3 Å². The van der Waals surface area contributed by atoms with Crippen LogP contribution in [0.1, 0.15) is 33.6 Å². The quantitative estimate of drug-likeness (QED) is 0.640. The number of nitrogens with zero attached hydrogens (tertiary/aromatic N) is 4. The van der Waals surface area contributed by atoms with Gasteiger partial charge in [-0.1, -0.05) is 12.1 Å². The molecule has 0 bridgehead atoms. The molecule has 3 aromatic rings. The van der Waals surface area contributed by atoms with Gasteiger partial charge in [-0.15, -0.1) is 5.10 Å². The number of nitrogens with two attached hydrogens (primary N) is 1. The first-order valence-corrected chi connectivity index (χ1v) is 10.2. The number of hydrogen-bond acceptors (Lipinski definition) is 6. The number of hydrogen-bond donors (Lipinski definition) is 2. The van der Waals surface area contributed by atoms with E-state index in [-0.39, 0.29) is 12.1 Å². The van der Waals surface area contributed by atoms with Gasteiger partial charge in [-0.2, -0.15) is 0 Å². The molecule has 0 atom stereocenters. The van der Waals surface area contributed by atoms with E-state index in [4.69, 9.17) is 15.6 Å². The lowest BCUT2D eigenvalue weighted by Gasteiger charge is -2.33. The van der Waals surface area contributed by atoms with Gasteiger partial charge in [0, 0.05) is 30.4 Å². The smallest absolute Gasteiger partial charge is 0.410 e. The zero-order chi connectivity index (χ0) is 21.3. The van der Waals surface area contributed by atoms with Crippen LogP contribution in [0.2, 0.25) is 0 Å². The number of amides is 1. The molecule has 0 unspecified atom stereocenters. The fourth-order valence-corrected chi connectivity index (χ4v) is 3.54. The molecule has 0 saturated carbocycles. The second-order valence-electron chi connectivity index (χ2n) is 8.64. The topological polar surface area (TPSA) is 97.8 Å². The van der Waals surface area contributed by atoms with E-state index < -0.39 is 5.60 Å². The summed E-state index contributed by atoms with van der Waals surface area (Å²) < 4.78 is 7.31. The van der Waals surface area contributed by atoms with Crippen LogP contribution >= 0.6 is 0 Å². The SMILES string of the molecule is CC(C)(C)OC(=O)N1CCC(Nc2ccc3ncc(-c4ccc(N)cc4)n3n2)CC1. The van der Waals surface area contributed by atoms with E-state index in [1.54, 1.807) is 4.90 Å². The number of imidazole rings is 1. The van der Waals surface area contributed by atoms with Gasteiger partial charge in [-0.25, -0.2) is 14.3 Å². The van der Waals surface area contributed by atoms with E-state index in [0.717, 1.165) is 41.3 Å². The Labute approximate surface area is 176 Å². The van der Waals surface area contributed by atoms with Crippen molar-refractivity contribution in [2.75, 3.05) is 24.1 Å². The Morgan fingerprint density at radius 3 is 2.50 bits per heavy atom. The largest absolute Gasteiger partial charge is 0.444 e. The number of fused-ring (bicyclic) bond motifs is 1. The maximum absolute atomic E-state index is 12.2. The summed E-state index contributed by atoms with van der Waals surface area (Å²) in [5.74, 6) is 0.785. The maximum Gasteiger partial charge on any atom is 0.410 e. The number of anilines is 2. The molecule has 4 rings (SSSR count). The molecule has 1 aromatic carbocycles. The third-order valence-corrected chi connectivity index (χ3v) is 5.07. The van der Waals surface area contributed by atoms with Gasteiger partial charge >= 0.3 is 6.09 Å². The molecule has 0 spiro atoms. The highest BCUT2D eigenvalue weighted by atomic mass is 16.6.